The fourth-order valence-corrected chi connectivity index (χ4v) is 3.82. The van der Waals surface area contributed by atoms with Crippen molar-refractivity contribution in [1.29, 1.82) is 0 Å². The summed E-state index contributed by atoms with van der Waals surface area (Å²) in [5.74, 6) is -0.146. The third-order valence-electron chi connectivity index (χ3n) is 4.55. The van der Waals surface area contributed by atoms with Crippen LogP contribution >= 0.6 is 22.9 Å². The molecule has 2 rings (SSSR count). The van der Waals surface area contributed by atoms with Gasteiger partial charge in [0.15, 0.2) is 0 Å². The highest BCUT2D eigenvalue weighted by Crippen LogP contribution is 2.16. The summed E-state index contributed by atoms with van der Waals surface area (Å²) in [6, 6.07) is 10.0. The zero-order valence-electron chi connectivity index (χ0n) is 17.2. The van der Waals surface area contributed by atoms with Gasteiger partial charge < -0.3 is 14.5 Å². The van der Waals surface area contributed by atoms with E-state index in [1.165, 1.54) is 12.1 Å². The summed E-state index contributed by atoms with van der Waals surface area (Å²) < 4.78 is 18.3. The number of amides is 2. The standard InChI is InChI=1S/C22H28ClFN2O3S/c1-29-13-4-12-25(21(27)6-2-11-23)17-22(28)26(16-20-5-3-14-30-20)15-18-7-9-19(24)10-8-18/h3,5,7-10,14H,2,4,6,11-13,15-17H2,1H3. The van der Waals surface area contributed by atoms with Crippen LogP contribution in [0.1, 0.15) is 29.7 Å². The van der Waals surface area contributed by atoms with Gasteiger partial charge >= 0.3 is 0 Å². The van der Waals surface area contributed by atoms with Gasteiger partial charge in [0, 0.05) is 44.0 Å². The van der Waals surface area contributed by atoms with Gasteiger partial charge in [0.1, 0.15) is 5.82 Å². The zero-order chi connectivity index (χ0) is 21.8. The number of methoxy groups -OCH3 is 1. The van der Waals surface area contributed by atoms with Crippen molar-refractivity contribution in [3.05, 3.63) is 58.0 Å². The van der Waals surface area contributed by atoms with E-state index in [1.54, 1.807) is 40.4 Å². The van der Waals surface area contributed by atoms with Crippen LogP contribution in [-0.4, -0.2) is 54.3 Å². The van der Waals surface area contributed by atoms with Crippen LogP contribution < -0.4 is 0 Å². The molecule has 0 aliphatic rings. The van der Waals surface area contributed by atoms with Crippen LogP contribution in [0.3, 0.4) is 0 Å². The summed E-state index contributed by atoms with van der Waals surface area (Å²) in [6.07, 6.45) is 1.54. The molecule has 1 aromatic carbocycles. The number of carbonyl (C=O) groups excluding carboxylic acids is 2. The van der Waals surface area contributed by atoms with E-state index in [9.17, 15) is 14.0 Å². The summed E-state index contributed by atoms with van der Waals surface area (Å²) in [5.41, 5.74) is 0.834. The molecule has 0 fully saturated rings. The van der Waals surface area contributed by atoms with Gasteiger partial charge in [-0.15, -0.1) is 22.9 Å². The molecule has 0 spiro atoms. The molecular weight excluding hydrogens is 427 g/mol. The molecule has 0 saturated heterocycles. The highest BCUT2D eigenvalue weighted by Gasteiger charge is 2.22. The molecule has 1 heterocycles. The molecule has 0 aliphatic heterocycles. The number of hydrogen-bond donors (Lipinski definition) is 0. The van der Waals surface area contributed by atoms with Crippen molar-refractivity contribution in [2.75, 3.05) is 32.7 Å². The highest BCUT2D eigenvalue weighted by molar-refractivity contribution is 7.09. The Morgan fingerprint density at radius 1 is 1.07 bits per heavy atom. The van der Waals surface area contributed by atoms with Gasteiger partial charge in [-0.25, -0.2) is 4.39 Å². The Kier molecular flexibility index (Phi) is 10.8. The van der Waals surface area contributed by atoms with E-state index < -0.39 is 0 Å². The SMILES string of the molecule is COCCCN(CC(=O)N(Cc1ccc(F)cc1)Cc1cccs1)C(=O)CCCCl. The largest absolute Gasteiger partial charge is 0.385 e. The van der Waals surface area contributed by atoms with Gasteiger partial charge in [0.2, 0.25) is 11.8 Å². The molecule has 0 N–H and O–H groups in total. The van der Waals surface area contributed by atoms with Gasteiger partial charge in [-0.2, -0.15) is 0 Å². The van der Waals surface area contributed by atoms with E-state index in [2.05, 4.69) is 0 Å². The second kappa shape index (κ2) is 13.4. The molecule has 30 heavy (non-hydrogen) atoms. The lowest BCUT2D eigenvalue weighted by molar-refractivity contribution is -0.141. The Morgan fingerprint density at radius 3 is 2.47 bits per heavy atom. The number of rotatable bonds is 13. The third kappa shape index (κ3) is 8.42. The maximum absolute atomic E-state index is 13.3. The van der Waals surface area contributed by atoms with E-state index in [0.717, 1.165) is 10.4 Å². The molecule has 8 heteroatoms. The first-order valence-electron chi connectivity index (χ1n) is 9.90. The van der Waals surface area contributed by atoms with Crippen molar-refractivity contribution in [3.8, 4) is 0 Å². The number of nitrogens with zero attached hydrogens (tertiary/aromatic N) is 2. The topological polar surface area (TPSA) is 49.9 Å². The quantitative estimate of drug-likeness (QED) is 0.335. The summed E-state index contributed by atoms with van der Waals surface area (Å²) >= 11 is 7.29. The summed E-state index contributed by atoms with van der Waals surface area (Å²) in [6.45, 7) is 1.75. The minimum Gasteiger partial charge on any atom is -0.385 e. The summed E-state index contributed by atoms with van der Waals surface area (Å²) in [7, 11) is 1.61. The van der Waals surface area contributed by atoms with Crippen LogP contribution in [0, 0.1) is 5.82 Å². The fraction of sp³-hybridized carbons (Fsp3) is 0.455. The zero-order valence-corrected chi connectivity index (χ0v) is 18.8. The molecule has 1 aromatic heterocycles. The molecule has 0 aliphatic carbocycles. The van der Waals surface area contributed by atoms with Gasteiger partial charge in [-0.3, -0.25) is 9.59 Å². The van der Waals surface area contributed by atoms with Crippen LogP contribution in [-0.2, 0) is 27.4 Å². The number of halogens is 2. The normalized spacial score (nSPS) is 10.8. The number of benzene rings is 1. The predicted octanol–water partition coefficient (Wildman–Crippen LogP) is 4.30. The maximum Gasteiger partial charge on any atom is 0.242 e. The molecule has 2 amide bonds. The van der Waals surface area contributed by atoms with Crippen LogP contribution in [0.15, 0.2) is 41.8 Å². The van der Waals surface area contributed by atoms with E-state index in [0.29, 0.717) is 51.4 Å². The number of thiophene rings is 1. The Labute approximate surface area is 186 Å². The smallest absolute Gasteiger partial charge is 0.242 e. The van der Waals surface area contributed by atoms with Crippen molar-refractivity contribution in [1.82, 2.24) is 9.80 Å². The van der Waals surface area contributed by atoms with Crippen LogP contribution in [0.4, 0.5) is 4.39 Å². The molecule has 2 aromatic rings. The molecule has 0 unspecified atom stereocenters. The molecule has 5 nitrogen and oxygen atoms in total. The minimum atomic E-state index is -0.316. The van der Waals surface area contributed by atoms with Crippen molar-refractivity contribution in [2.24, 2.45) is 0 Å². The predicted molar refractivity (Wildman–Crippen MR) is 118 cm³/mol. The molecule has 0 saturated carbocycles. The average Bonchev–Trinajstić information content (AvgIpc) is 3.25. The van der Waals surface area contributed by atoms with Crippen molar-refractivity contribution >= 4 is 34.8 Å². The Morgan fingerprint density at radius 2 is 1.83 bits per heavy atom. The molecule has 164 valence electrons. The minimum absolute atomic E-state index is 0.00258. The average molecular weight is 455 g/mol. The van der Waals surface area contributed by atoms with Gasteiger partial charge in [-0.05, 0) is 42.0 Å². The number of ether oxygens (including phenoxy) is 1. The first kappa shape index (κ1) is 24.3. The lowest BCUT2D eigenvalue weighted by atomic mass is 10.2. The molecule has 0 bridgehead atoms. The van der Waals surface area contributed by atoms with Crippen molar-refractivity contribution in [3.63, 3.8) is 0 Å². The van der Waals surface area contributed by atoms with Crippen molar-refractivity contribution < 1.29 is 18.7 Å². The molecular formula is C22H28ClFN2O3S. The van der Waals surface area contributed by atoms with Crippen LogP contribution in [0.25, 0.3) is 0 Å². The molecule has 0 atom stereocenters. The van der Waals surface area contributed by atoms with Gasteiger partial charge in [-0.1, -0.05) is 18.2 Å². The third-order valence-corrected chi connectivity index (χ3v) is 5.67. The first-order valence-corrected chi connectivity index (χ1v) is 11.3. The number of alkyl halides is 1. The monoisotopic (exact) mass is 454 g/mol. The second-order valence-electron chi connectivity index (χ2n) is 6.91. The van der Waals surface area contributed by atoms with Gasteiger partial charge in [0.05, 0.1) is 13.1 Å². The Bertz CT molecular complexity index is 771. The van der Waals surface area contributed by atoms with E-state index in [1.807, 2.05) is 17.5 Å². The molecule has 0 radical (unpaired) electrons. The van der Waals surface area contributed by atoms with E-state index in [4.69, 9.17) is 16.3 Å². The number of hydrogen-bond acceptors (Lipinski definition) is 4. The fourth-order valence-electron chi connectivity index (χ4n) is 2.96. The van der Waals surface area contributed by atoms with E-state index >= 15 is 0 Å². The highest BCUT2D eigenvalue weighted by atomic mass is 35.5. The summed E-state index contributed by atoms with van der Waals surface area (Å²) in [5, 5.41) is 1.96. The Hall–Kier alpha value is -1.96. The maximum atomic E-state index is 13.3. The Balaban J connectivity index is 2.11. The van der Waals surface area contributed by atoms with Crippen molar-refractivity contribution in [2.45, 2.75) is 32.4 Å². The lowest BCUT2D eigenvalue weighted by Crippen LogP contribution is -2.43. The lowest BCUT2D eigenvalue weighted by Gasteiger charge is -2.28. The number of carbonyl (C=O) groups is 2. The second-order valence-corrected chi connectivity index (χ2v) is 8.32. The van der Waals surface area contributed by atoms with Gasteiger partial charge in [0.25, 0.3) is 0 Å². The van der Waals surface area contributed by atoms with Crippen LogP contribution in [0.5, 0.6) is 0 Å². The van der Waals surface area contributed by atoms with E-state index in [-0.39, 0.29) is 24.2 Å². The summed E-state index contributed by atoms with van der Waals surface area (Å²) in [4.78, 5) is 30.1. The van der Waals surface area contributed by atoms with Crippen LogP contribution in [0.2, 0.25) is 0 Å². The first-order chi connectivity index (χ1) is 14.5.